The molecule has 0 radical (unpaired) electrons. The van der Waals surface area contributed by atoms with Gasteiger partial charge in [0.1, 0.15) is 5.75 Å². The van der Waals surface area contributed by atoms with Crippen LogP contribution in [0.2, 0.25) is 0 Å². The molecule has 5 nitrogen and oxygen atoms in total. The molecule has 0 aliphatic rings. The van der Waals surface area contributed by atoms with Gasteiger partial charge in [0.15, 0.2) is 0 Å². The zero-order valence-corrected chi connectivity index (χ0v) is 13.3. The van der Waals surface area contributed by atoms with E-state index in [1.165, 1.54) is 0 Å². The van der Waals surface area contributed by atoms with Crippen LogP contribution in [0.15, 0.2) is 41.0 Å². The molecule has 0 saturated carbocycles. The van der Waals surface area contributed by atoms with Crippen LogP contribution in [0, 0.1) is 0 Å². The van der Waals surface area contributed by atoms with E-state index in [4.69, 9.17) is 9.47 Å². The number of benzene rings is 1. The van der Waals surface area contributed by atoms with Crippen LogP contribution in [0.5, 0.6) is 11.6 Å². The van der Waals surface area contributed by atoms with Crippen LogP contribution < -0.4 is 14.8 Å². The van der Waals surface area contributed by atoms with Crippen LogP contribution in [0.4, 0.5) is 0 Å². The van der Waals surface area contributed by atoms with Crippen molar-refractivity contribution in [1.82, 2.24) is 10.3 Å². The number of aromatic nitrogens is 1. The van der Waals surface area contributed by atoms with Gasteiger partial charge in [0.25, 0.3) is 5.91 Å². The molecular formula is C15H15BrN2O3. The number of halogens is 1. The van der Waals surface area contributed by atoms with E-state index in [1.807, 2.05) is 6.07 Å². The summed E-state index contributed by atoms with van der Waals surface area (Å²) in [5, 5.41) is 2.85. The van der Waals surface area contributed by atoms with E-state index in [2.05, 4.69) is 26.2 Å². The maximum atomic E-state index is 12.1. The lowest BCUT2D eigenvalue weighted by Gasteiger charge is -2.08. The molecule has 0 aliphatic carbocycles. The fourth-order valence-corrected chi connectivity index (χ4v) is 2.30. The zero-order valence-electron chi connectivity index (χ0n) is 11.7. The van der Waals surface area contributed by atoms with Gasteiger partial charge in [0.05, 0.1) is 18.7 Å². The predicted molar refractivity (Wildman–Crippen MR) is 82.7 cm³/mol. The molecule has 1 aromatic carbocycles. The van der Waals surface area contributed by atoms with Gasteiger partial charge in [-0.05, 0) is 45.8 Å². The van der Waals surface area contributed by atoms with E-state index in [9.17, 15) is 4.79 Å². The summed E-state index contributed by atoms with van der Waals surface area (Å²) in [7, 11) is 3.14. The third-order valence-corrected chi connectivity index (χ3v) is 3.50. The number of hydrogen-bond acceptors (Lipinski definition) is 4. The van der Waals surface area contributed by atoms with Crippen LogP contribution in [0.3, 0.4) is 0 Å². The first-order valence-electron chi connectivity index (χ1n) is 6.24. The fraction of sp³-hybridized carbons (Fsp3) is 0.200. The molecule has 2 aromatic rings. The maximum Gasteiger partial charge on any atom is 0.251 e. The first kappa shape index (κ1) is 15.3. The molecule has 0 saturated heterocycles. The molecule has 0 unspecified atom stereocenters. The number of amides is 1. The molecule has 0 spiro atoms. The molecule has 1 N–H and O–H groups in total. The monoisotopic (exact) mass is 350 g/mol. The summed E-state index contributed by atoms with van der Waals surface area (Å²) in [4.78, 5) is 16.1. The summed E-state index contributed by atoms with van der Waals surface area (Å²) in [6.07, 6.45) is 1.64. The van der Waals surface area contributed by atoms with Gasteiger partial charge in [-0.1, -0.05) is 0 Å². The number of rotatable bonds is 5. The molecule has 21 heavy (non-hydrogen) atoms. The molecule has 0 atom stereocenters. The lowest BCUT2D eigenvalue weighted by Crippen LogP contribution is -2.22. The van der Waals surface area contributed by atoms with Crippen LogP contribution >= 0.6 is 15.9 Å². The molecule has 0 aliphatic heterocycles. The second-order valence-electron chi connectivity index (χ2n) is 4.24. The SMILES string of the molecule is COc1cc(CNC(=O)c2ccc(OC)c(Br)c2)ccn1. The van der Waals surface area contributed by atoms with Crippen molar-refractivity contribution in [2.24, 2.45) is 0 Å². The summed E-state index contributed by atoms with van der Waals surface area (Å²) < 4.78 is 10.9. The van der Waals surface area contributed by atoms with E-state index in [-0.39, 0.29) is 5.91 Å². The second-order valence-corrected chi connectivity index (χ2v) is 5.09. The highest BCUT2D eigenvalue weighted by Gasteiger charge is 2.09. The minimum atomic E-state index is -0.158. The Kier molecular flexibility index (Phi) is 5.16. The van der Waals surface area contributed by atoms with Crippen molar-refractivity contribution in [1.29, 1.82) is 0 Å². The van der Waals surface area contributed by atoms with Crippen molar-refractivity contribution in [2.75, 3.05) is 14.2 Å². The molecule has 1 amide bonds. The fourth-order valence-electron chi connectivity index (χ4n) is 1.76. The number of nitrogens with zero attached hydrogens (tertiary/aromatic N) is 1. The van der Waals surface area contributed by atoms with Gasteiger partial charge in [-0.2, -0.15) is 0 Å². The van der Waals surface area contributed by atoms with Crippen LogP contribution in [0.25, 0.3) is 0 Å². The van der Waals surface area contributed by atoms with Gasteiger partial charge in [-0.25, -0.2) is 4.98 Å². The predicted octanol–water partition coefficient (Wildman–Crippen LogP) is 2.79. The Bertz CT molecular complexity index is 647. The Morgan fingerprint density at radius 1 is 1.24 bits per heavy atom. The lowest BCUT2D eigenvalue weighted by atomic mass is 10.2. The number of carbonyl (C=O) groups is 1. The van der Waals surface area contributed by atoms with Crippen LogP contribution in [-0.2, 0) is 6.54 Å². The molecule has 1 aromatic heterocycles. The Morgan fingerprint density at radius 2 is 2.05 bits per heavy atom. The van der Waals surface area contributed by atoms with Crippen molar-refractivity contribution < 1.29 is 14.3 Å². The number of hydrogen-bond donors (Lipinski definition) is 1. The van der Waals surface area contributed by atoms with Gasteiger partial charge in [0.2, 0.25) is 5.88 Å². The summed E-state index contributed by atoms with van der Waals surface area (Å²) >= 11 is 3.36. The molecule has 0 bridgehead atoms. The van der Waals surface area contributed by atoms with Crippen LogP contribution in [0.1, 0.15) is 15.9 Å². The smallest absolute Gasteiger partial charge is 0.251 e. The number of nitrogens with one attached hydrogen (secondary N) is 1. The van der Waals surface area contributed by atoms with Crippen molar-refractivity contribution in [3.8, 4) is 11.6 Å². The minimum Gasteiger partial charge on any atom is -0.496 e. The highest BCUT2D eigenvalue weighted by molar-refractivity contribution is 9.10. The summed E-state index contributed by atoms with van der Waals surface area (Å²) in [6.45, 7) is 0.404. The quantitative estimate of drug-likeness (QED) is 0.900. The Hall–Kier alpha value is -2.08. The van der Waals surface area contributed by atoms with E-state index >= 15 is 0 Å². The van der Waals surface area contributed by atoms with Gasteiger partial charge < -0.3 is 14.8 Å². The lowest BCUT2D eigenvalue weighted by molar-refractivity contribution is 0.0950. The van der Waals surface area contributed by atoms with Crippen molar-refractivity contribution in [2.45, 2.75) is 6.54 Å². The molecule has 110 valence electrons. The van der Waals surface area contributed by atoms with Gasteiger partial charge in [0, 0.05) is 24.4 Å². The summed E-state index contributed by atoms with van der Waals surface area (Å²) in [6, 6.07) is 8.79. The Labute approximate surface area is 131 Å². The zero-order chi connectivity index (χ0) is 15.2. The maximum absolute atomic E-state index is 12.1. The topological polar surface area (TPSA) is 60.5 Å². The molecule has 2 rings (SSSR count). The normalized spacial score (nSPS) is 10.0. The third-order valence-electron chi connectivity index (χ3n) is 2.88. The highest BCUT2D eigenvalue weighted by Crippen LogP contribution is 2.25. The van der Waals surface area contributed by atoms with Crippen molar-refractivity contribution >= 4 is 21.8 Å². The van der Waals surface area contributed by atoms with Gasteiger partial charge >= 0.3 is 0 Å². The number of ether oxygens (including phenoxy) is 2. The molecule has 0 fully saturated rings. The average molecular weight is 351 g/mol. The third kappa shape index (κ3) is 3.95. The van der Waals surface area contributed by atoms with Crippen LogP contribution in [-0.4, -0.2) is 25.1 Å². The Morgan fingerprint density at radius 3 is 2.71 bits per heavy atom. The minimum absolute atomic E-state index is 0.158. The van der Waals surface area contributed by atoms with E-state index in [1.54, 1.807) is 44.7 Å². The summed E-state index contributed by atoms with van der Waals surface area (Å²) in [5.74, 6) is 1.05. The van der Waals surface area contributed by atoms with Gasteiger partial charge in [-0.15, -0.1) is 0 Å². The van der Waals surface area contributed by atoms with Gasteiger partial charge in [-0.3, -0.25) is 4.79 Å². The molecule has 1 heterocycles. The average Bonchev–Trinajstić information content (AvgIpc) is 2.52. The first-order valence-corrected chi connectivity index (χ1v) is 7.04. The van der Waals surface area contributed by atoms with E-state index < -0.39 is 0 Å². The van der Waals surface area contributed by atoms with Crippen molar-refractivity contribution in [3.05, 3.63) is 52.1 Å². The van der Waals surface area contributed by atoms with Crippen molar-refractivity contribution in [3.63, 3.8) is 0 Å². The van der Waals surface area contributed by atoms with E-state index in [0.29, 0.717) is 23.7 Å². The second kappa shape index (κ2) is 7.08. The largest absolute Gasteiger partial charge is 0.496 e. The highest BCUT2D eigenvalue weighted by atomic mass is 79.9. The standard InChI is InChI=1S/C15H15BrN2O3/c1-20-13-4-3-11(8-12(13)16)15(19)18-9-10-5-6-17-14(7-10)21-2/h3-8H,9H2,1-2H3,(H,18,19). The molecular weight excluding hydrogens is 336 g/mol. The number of pyridine rings is 1. The summed E-state index contributed by atoms with van der Waals surface area (Å²) in [5.41, 5.74) is 1.48. The molecule has 6 heteroatoms. The number of carbonyl (C=O) groups excluding carboxylic acids is 1. The Balaban J connectivity index is 2.02. The first-order chi connectivity index (χ1) is 10.1. The number of methoxy groups -OCH3 is 2. The van der Waals surface area contributed by atoms with E-state index in [0.717, 1.165) is 10.0 Å².